The summed E-state index contributed by atoms with van der Waals surface area (Å²) >= 11 is 0. The average molecular weight is 350 g/mol. The molecule has 0 aliphatic carbocycles. The number of halogens is 1. The SMILES string of the molecule is CCC(NS(=O)(=O)c1ccc(C(=O)NC)cc1)c1ccc(F)cc1. The molecule has 0 spiro atoms. The first kappa shape index (κ1) is 18.1. The molecular formula is C17H19FN2O3S. The van der Waals surface area contributed by atoms with Crippen LogP contribution in [0.15, 0.2) is 53.4 Å². The standard InChI is InChI=1S/C17H19FN2O3S/c1-3-16(12-4-8-14(18)9-5-12)20-24(22,23)15-10-6-13(7-11-15)17(21)19-2/h4-11,16,20H,3H2,1-2H3,(H,19,21). The molecule has 0 aliphatic rings. The van der Waals surface area contributed by atoms with Crippen LogP contribution >= 0.6 is 0 Å². The number of sulfonamides is 1. The van der Waals surface area contributed by atoms with Crippen molar-refractivity contribution in [3.63, 3.8) is 0 Å². The van der Waals surface area contributed by atoms with Gasteiger partial charge in [0.25, 0.3) is 5.91 Å². The predicted octanol–water partition coefficient (Wildman–Crippen LogP) is 2.61. The third-order valence-electron chi connectivity index (χ3n) is 3.63. The summed E-state index contributed by atoms with van der Waals surface area (Å²) in [7, 11) is -2.25. The molecule has 0 radical (unpaired) electrons. The van der Waals surface area contributed by atoms with E-state index in [1.54, 1.807) is 12.1 Å². The van der Waals surface area contributed by atoms with Crippen molar-refractivity contribution in [1.82, 2.24) is 10.0 Å². The molecule has 0 fully saturated rings. The van der Waals surface area contributed by atoms with Gasteiger partial charge < -0.3 is 5.32 Å². The first-order valence-corrected chi connectivity index (χ1v) is 8.95. The molecule has 2 aromatic carbocycles. The molecule has 0 bridgehead atoms. The molecule has 0 aliphatic heterocycles. The van der Waals surface area contributed by atoms with E-state index in [4.69, 9.17) is 0 Å². The summed E-state index contributed by atoms with van der Waals surface area (Å²) in [6.07, 6.45) is 0.515. The Kier molecular flexibility index (Phi) is 5.69. The van der Waals surface area contributed by atoms with E-state index in [1.165, 1.54) is 43.4 Å². The van der Waals surface area contributed by atoms with E-state index in [-0.39, 0.29) is 16.6 Å². The normalized spacial score (nSPS) is 12.6. The number of amides is 1. The second-order valence-electron chi connectivity index (χ2n) is 5.24. The zero-order valence-corrected chi connectivity index (χ0v) is 14.2. The number of nitrogens with one attached hydrogen (secondary N) is 2. The van der Waals surface area contributed by atoms with Gasteiger partial charge in [0.2, 0.25) is 10.0 Å². The third-order valence-corrected chi connectivity index (χ3v) is 5.12. The lowest BCUT2D eigenvalue weighted by molar-refractivity contribution is 0.0963. The van der Waals surface area contributed by atoms with Gasteiger partial charge in [0.05, 0.1) is 4.90 Å². The average Bonchev–Trinajstić information content (AvgIpc) is 2.60. The van der Waals surface area contributed by atoms with Crippen molar-refractivity contribution in [2.75, 3.05) is 7.05 Å². The molecule has 7 heteroatoms. The summed E-state index contributed by atoms with van der Waals surface area (Å²) in [6.45, 7) is 1.84. The number of carbonyl (C=O) groups excluding carboxylic acids is 1. The maximum atomic E-state index is 13.0. The Balaban J connectivity index is 2.22. The fourth-order valence-corrected chi connectivity index (χ4v) is 3.58. The van der Waals surface area contributed by atoms with Gasteiger partial charge in [0.15, 0.2) is 0 Å². The smallest absolute Gasteiger partial charge is 0.251 e. The van der Waals surface area contributed by atoms with Crippen LogP contribution in [-0.2, 0) is 10.0 Å². The Morgan fingerprint density at radius 1 is 1.08 bits per heavy atom. The monoisotopic (exact) mass is 350 g/mol. The van der Waals surface area contributed by atoms with Crippen molar-refractivity contribution in [2.45, 2.75) is 24.3 Å². The molecule has 0 heterocycles. The highest BCUT2D eigenvalue weighted by molar-refractivity contribution is 7.89. The molecule has 2 N–H and O–H groups in total. The fourth-order valence-electron chi connectivity index (χ4n) is 2.27. The zero-order valence-electron chi connectivity index (χ0n) is 13.4. The molecular weight excluding hydrogens is 331 g/mol. The molecule has 128 valence electrons. The fraction of sp³-hybridized carbons (Fsp3) is 0.235. The quantitative estimate of drug-likeness (QED) is 0.841. The van der Waals surface area contributed by atoms with E-state index < -0.39 is 16.1 Å². The van der Waals surface area contributed by atoms with Crippen LogP contribution in [0.1, 0.15) is 35.3 Å². The van der Waals surface area contributed by atoms with E-state index in [0.29, 0.717) is 17.5 Å². The van der Waals surface area contributed by atoms with Crippen LogP contribution in [0.4, 0.5) is 4.39 Å². The lowest BCUT2D eigenvalue weighted by atomic mass is 10.1. The summed E-state index contributed by atoms with van der Waals surface area (Å²) in [4.78, 5) is 11.6. The summed E-state index contributed by atoms with van der Waals surface area (Å²) in [5, 5.41) is 2.47. The van der Waals surface area contributed by atoms with Crippen molar-refractivity contribution >= 4 is 15.9 Å². The summed E-state index contributed by atoms with van der Waals surface area (Å²) in [5.41, 5.74) is 1.06. The number of carbonyl (C=O) groups is 1. The first-order chi connectivity index (χ1) is 11.4. The Morgan fingerprint density at radius 2 is 1.67 bits per heavy atom. The number of hydrogen-bond donors (Lipinski definition) is 2. The lowest BCUT2D eigenvalue weighted by Gasteiger charge is -2.17. The zero-order chi connectivity index (χ0) is 17.7. The Labute approximate surface area is 141 Å². The van der Waals surface area contributed by atoms with Gasteiger partial charge in [-0.1, -0.05) is 19.1 Å². The first-order valence-electron chi connectivity index (χ1n) is 7.47. The number of rotatable bonds is 6. The highest BCUT2D eigenvalue weighted by Crippen LogP contribution is 2.21. The van der Waals surface area contributed by atoms with Gasteiger partial charge in [-0.3, -0.25) is 4.79 Å². The van der Waals surface area contributed by atoms with Gasteiger partial charge in [-0.15, -0.1) is 0 Å². The van der Waals surface area contributed by atoms with Crippen molar-refractivity contribution in [3.05, 3.63) is 65.5 Å². The Bertz CT molecular complexity index is 803. The van der Waals surface area contributed by atoms with Gasteiger partial charge in [-0.25, -0.2) is 17.5 Å². The van der Waals surface area contributed by atoms with Gasteiger partial charge in [-0.05, 0) is 48.4 Å². The Morgan fingerprint density at radius 3 is 2.17 bits per heavy atom. The minimum atomic E-state index is -3.75. The molecule has 2 rings (SSSR count). The topological polar surface area (TPSA) is 75.3 Å². The van der Waals surface area contributed by atoms with Crippen molar-refractivity contribution in [1.29, 1.82) is 0 Å². The van der Waals surface area contributed by atoms with Crippen LogP contribution < -0.4 is 10.0 Å². The van der Waals surface area contributed by atoms with Crippen LogP contribution in [0.5, 0.6) is 0 Å². The summed E-state index contributed by atoms with van der Waals surface area (Å²) in [5.74, 6) is -0.661. The van der Waals surface area contributed by atoms with Gasteiger partial charge in [0.1, 0.15) is 5.82 Å². The predicted molar refractivity (Wildman–Crippen MR) is 89.6 cm³/mol. The van der Waals surface area contributed by atoms with Crippen molar-refractivity contribution < 1.29 is 17.6 Å². The third kappa shape index (κ3) is 4.18. The maximum Gasteiger partial charge on any atom is 0.251 e. The molecule has 1 unspecified atom stereocenters. The van der Waals surface area contributed by atoms with Crippen molar-refractivity contribution in [2.24, 2.45) is 0 Å². The van der Waals surface area contributed by atoms with Gasteiger partial charge in [-0.2, -0.15) is 0 Å². The second-order valence-corrected chi connectivity index (χ2v) is 6.95. The van der Waals surface area contributed by atoms with E-state index >= 15 is 0 Å². The molecule has 2 aromatic rings. The molecule has 1 amide bonds. The minimum absolute atomic E-state index is 0.0655. The van der Waals surface area contributed by atoms with Crippen LogP contribution in [0.25, 0.3) is 0 Å². The van der Waals surface area contributed by atoms with Crippen LogP contribution in [0.3, 0.4) is 0 Å². The summed E-state index contributed by atoms with van der Waals surface area (Å²) < 4.78 is 40.6. The van der Waals surface area contributed by atoms with E-state index in [1.807, 2.05) is 6.92 Å². The van der Waals surface area contributed by atoms with E-state index in [0.717, 1.165) is 0 Å². The second kappa shape index (κ2) is 7.55. The molecule has 0 saturated carbocycles. The maximum absolute atomic E-state index is 13.0. The molecule has 24 heavy (non-hydrogen) atoms. The molecule has 0 aromatic heterocycles. The molecule has 1 atom stereocenters. The van der Waals surface area contributed by atoms with E-state index in [9.17, 15) is 17.6 Å². The molecule has 5 nitrogen and oxygen atoms in total. The number of hydrogen-bond acceptors (Lipinski definition) is 3. The largest absolute Gasteiger partial charge is 0.355 e. The Hall–Kier alpha value is -2.25. The lowest BCUT2D eigenvalue weighted by Crippen LogP contribution is -2.28. The highest BCUT2D eigenvalue weighted by Gasteiger charge is 2.20. The van der Waals surface area contributed by atoms with Crippen LogP contribution in [0.2, 0.25) is 0 Å². The molecule has 0 saturated heterocycles. The number of benzene rings is 2. The minimum Gasteiger partial charge on any atom is -0.355 e. The highest BCUT2D eigenvalue weighted by atomic mass is 32.2. The van der Waals surface area contributed by atoms with E-state index in [2.05, 4.69) is 10.0 Å². The van der Waals surface area contributed by atoms with Crippen LogP contribution in [0, 0.1) is 5.82 Å². The van der Waals surface area contributed by atoms with Gasteiger partial charge >= 0.3 is 0 Å². The summed E-state index contributed by atoms with van der Waals surface area (Å²) in [6, 6.07) is 10.9. The van der Waals surface area contributed by atoms with Gasteiger partial charge in [0, 0.05) is 18.7 Å². The van der Waals surface area contributed by atoms with Crippen LogP contribution in [-0.4, -0.2) is 21.4 Å². The van der Waals surface area contributed by atoms with Crippen molar-refractivity contribution in [3.8, 4) is 0 Å².